The molecule has 0 aliphatic carbocycles. The third-order valence-corrected chi connectivity index (χ3v) is 3.55. The first-order valence-corrected chi connectivity index (χ1v) is 6.55. The highest BCUT2D eigenvalue weighted by Crippen LogP contribution is 2.38. The van der Waals surface area contributed by atoms with E-state index >= 15 is 0 Å². The third-order valence-electron chi connectivity index (χ3n) is 3.55. The summed E-state index contributed by atoms with van der Waals surface area (Å²) in [5, 5.41) is 10.8. The quantitative estimate of drug-likeness (QED) is 0.927. The van der Waals surface area contributed by atoms with Crippen molar-refractivity contribution in [1.29, 1.82) is 0 Å². The van der Waals surface area contributed by atoms with Gasteiger partial charge in [0.2, 0.25) is 0 Å². The van der Waals surface area contributed by atoms with Gasteiger partial charge in [0, 0.05) is 11.1 Å². The maximum Gasteiger partial charge on any atom is 0.125 e. The molecule has 0 bridgehead atoms. The molecule has 0 radical (unpaired) electrons. The number of benzene rings is 2. The summed E-state index contributed by atoms with van der Waals surface area (Å²) in [5.74, 6) is 1.37. The van der Waals surface area contributed by atoms with Gasteiger partial charge in [0.25, 0.3) is 0 Å². The fraction of sp³-hybridized carbons (Fsp3) is 0.294. The van der Waals surface area contributed by atoms with Crippen LogP contribution in [0, 0.1) is 13.8 Å². The molecule has 3 heteroatoms. The van der Waals surface area contributed by atoms with Gasteiger partial charge in [0.05, 0.1) is 14.2 Å². The lowest BCUT2D eigenvalue weighted by Gasteiger charge is -2.21. The molecule has 2 aromatic carbocycles. The van der Waals surface area contributed by atoms with Crippen LogP contribution in [0.4, 0.5) is 0 Å². The Morgan fingerprint density at radius 2 is 1.20 bits per heavy atom. The predicted molar refractivity (Wildman–Crippen MR) is 79.5 cm³/mol. The van der Waals surface area contributed by atoms with Gasteiger partial charge in [-0.15, -0.1) is 0 Å². The van der Waals surface area contributed by atoms with Crippen molar-refractivity contribution in [2.75, 3.05) is 14.2 Å². The van der Waals surface area contributed by atoms with Gasteiger partial charge in [-0.05, 0) is 37.1 Å². The second kappa shape index (κ2) is 5.97. The van der Waals surface area contributed by atoms with E-state index in [4.69, 9.17) is 9.47 Å². The molecule has 0 heterocycles. The number of rotatable bonds is 4. The van der Waals surface area contributed by atoms with E-state index in [-0.39, 0.29) is 0 Å². The molecule has 0 saturated heterocycles. The first-order valence-electron chi connectivity index (χ1n) is 6.55. The van der Waals surface area contributed by atoms with Crippen molar-refractivity contribution in [2.24, 2.45) is 0 Å². The van der Waals surface area contributed by atoms with Crippen molar-refractivity contribution in [2.45, 2.75) is 20.0 Å². The molecule has 0 aromatic heterocycles. The summed E-state index contributed by atoms with van der Waals surface area (Å²) >= 11 is 0. The van der Waals surface area contributed by atoms with Crippen LogP contribution in [0.3, 0.4) is 0 Å². The minimum atomic E-state index is -0.776. The maximum atomic E-state index is 10.8. The molecule has 1 N–H and O–H groups in total. The molecule has 20 heavy (non-hydrogen) atoms. The van der Waals surface area contributed by atoms with Crippen LogP contribution in [0.1, 0.15) is 28.4 Å². The number of hydrogen-bond acceptors (Lipinski definition) is 3. The van der Waals surface area contributed by atoms with Gasteiger partial charge in [0.1, 0.15) is 17.6 Å². The lowest BCUT2D eigenvalue weighted by atomic mass is 9.93. The molecular formula is C17H20O3. The first kappa shape index (κ1) is 14.4. The monoisotopic (exact) mass is 272 g/mol. The van der Waals surface area contributed by atoms with E-state index in [0.717, 1.165) is 22.3 Å². The molecule has 2 aromatic rings. The van der Waals surface area contributed by atoms with Crippen LogP contribution >= 0.6 is 0 Å². The van der Waals surface area contributed by atoms with Gasteiger partial charge in [-0.3, -0.25) is 0 Å². The minimum Gasteiger partial charge on any atom is -0.496 e. The predicted octanol–water partition coefficient (Wildman–Crippen LogP) is 3.40. The number of methoxy groups -OCH3 is 2. The van der Waals surface area contributed by atoms with Crippen LogP contribution < -0.4 is 9.47 Å². The van der Waals surface area contributed by atoms with E-state index < -0.39 is 6.10 Å². The maximum absolute atomic E-state index is 10.8. The highest BCUT2D eigenvalue weighted by molar-refractivity contribution is 5.51. The van der Waals surface area contributed by atoms with Gasteiger partial charge in [-0.1, -0.05) is 24.3 Å². The van der Waals surface area contributed by atoms with Crippen LogP contribution in [0.15, 0.2) is 36.4 Å². The fourth-order valence-electron chi connectivity index (χ4n) is 2.51. The molecule has 0 saturated carbocycles. The Kier molecular flexibility index (Phi) is 4.30. The van der Waals surface area contributed by atoms with Crippen LogP contribution in [-0.2, 0) is 0 Å². The summed E-state index contributed by atoms with van der Waals surface area (Å²) in [4.78, 5) is 0. The Morgan fingerprint density at radius 1 is 0.800 bits per heavy atom. The van der Waals surface area contributed by atoms with E-state index in [1.54, 1.807) is 14.2 Å². The normalized spacial score (nSPS) is 10.7. The summed E-state index contributed by atoms with van der Waals surface area (Å²) in [5.41, 5.74) is 3.54. The Bertz CT molecular complexity index is 552. The number of aliphatic hydroxyl groups is 1. The summed E-state index contributed by atoms with van der Waals surface area (Å²) < 4.78 is 10.8. The highest BCUT2D eigenvalue weighted by Gasteiger charge is 2.22. The van der Waals surface area contributed by atoms with Crippen molar-refractivity contribution in [3.63, 3.8) is 0 Å². The van der Waals surface area contributed by atoms with Gasteiger partial charge >= 0.3 is 0 Å². The fourth-order valence-corrected chi connectivity index (χ4v) is 2.51. The van der Waals surface area contributed by atoms with Gasteiger partial charge < -0.3 is 14.6 Å². The lowest BCUT2D eigenvalue weighted by molar-refractivity contribution is 0.208. The highest BCUT2D eigenvalue weighted by atomic mass is 16.5. The van der Waals surface area contributed by atoms with E-state index in [1.807, 2.05) is 50.2 Å². The molecule has 0 fully saturated rings. The summed E-state index contributed by atoms with van der Waals surface area (Å²) in [6, 6.07) is 11.5. The standard InChI is InChI=1S/C17H20O3/c1-11-7-5-9-13(19-3)15(11)17(18)16-12(2)8-6-10-14(16)20-4/h5-10,17-18H,1-4H3. The molecule has 0 unspecified atom stereocenters. The average molecular weight is 272 g/mol. The molecule has 0 amide bonds. The van der Waals surface area contributed by atoms with Crippen LogP contribution in [0.2, 0.25) is 0 Å². The molecule has 0 aliphatic heterocycles. The van der Waals surface area contributed by atoms with E-state index in [0.29, 0.717) is 11.5 Å². The van der Waals surface area contributed by atoms with Crippen molar-refractivity contribution < 1.29 is 14.6 Å². The zero-order valence-electron chi connectivity index (χ0n) is 12.3. The number of hydrogen-bond donors (Lipinski definition) is 1. The zero-order chi connectivity index (χ0) is 14.7. The Labute approximate surface area is 119 Å². The van der Waals surface area contributed by atoms with E-state index in [2.05, 4.69) is 0 Å². The van der Waals surface area contributed by atoms with Crippen LogP contribution in [-0.4, -0.2) is 19.3 Å². The van der Waals surface area contributed by atoms with E-state index in [1.165, 1.54) is 0 Å². The van der Waals surface area contributed by atoms with Crippen molar-refractivity contribution in [1.82, 2.24) is 0 Å². The largest absolute Gasteiger partial charge is 0.496 e. The SMILES string of the molecule is COc1cccc(C)c1C(O)c1c(C)cccc1OC. The van der Waals surface area contributed by atoms with Crippen LogP contribution in [0.5, 0.6) is 11.5 Å². The second-order valence-corrected chi connectivity index (χ2v) is 4.78. The third kappa shape index (κ3) is 2.49. The van der Waals surface area contributed by atoms with Crippen molar-refractivity contribution in [3.8, 4) is 11.5 Å². The molecule has 0 aliphatic rings. The minimum absolute atomic E-state index is 0.683. The molecule has 106 valence electrons. The molecule has 0 atom stereocenters. The lowest BCUT2D eigenvalue weighted by Crippen LogP contribution is -2.08. The second-order valence-electron chi connectivity index (χ2n) is 4.78. The molecular weight excluding hydrogens is 252 g/mol. The van der Waals surface area contributed by atoms with Crippen molar-refractivity contribution in [3.05, 3.63) is 58.7 Å². The molecule has 0 spiro atoms. The summed E-state index contributed by atoms with van der Waals surface area (Å²) in [6.45, 7) is 3.93. The van der Waals surface area contributed by atoms with Gasteiger partial charge in [-0.2, -0.15) is 0 Å². The Hall–Kier alpha value is -2.00. The zero-order valence-corrected chi connectivity index (χ0v) is 12.3. The average Bonchev–Trinajstić information content (AvgIpc) is 2.45. The Balaban J connectivity index is 2.60. The van der Waals surface area contributed by atoms with E-state index in [9.17, 15) is 5.11 Å². The smallest absolute Gasteiger partial charge is 0.125 e. The molecule has 2 rings (SSSR count). The Morgan fingerprint density at radius 3 is 1.55 bits per heavy atom. The number of aryl methyl sites for hydroxylation is 2. The number of ether oxygens (including phenoxy) is 2. The number of aliphatic hydroxyl groups excluding tert-OH is 1. The van der Waals surface area contributed by atoms with Gasteiger partial charge in [-0.25, -0.2) is 0 Å². The molecule has 3 nitrogen and oxygen atoms in total. The first-order chi connectivity index (χ1) is 9.60. The van der Waals surface area contributed by atoms with Crippen LogP contribution in [0.25, 0.3) is 0 Å². The topological polar surface area (TPSA) is 38.7 Å². The van der Waals surface area contributed by atoms with Crippen molar-refractivity contribution >= 4 is 0 Å². The summed E-state index contributed by atoms with van der Waals surface area (Å²) in [7, 11) is 3.22. The summed E-state index contributed by atoms with van der Waals surface area (Å²) in [6.07, 6.45) is -0.776. The van der Waals surface area contributed by atoms with Gasteiger partial charge in [0.15, 0.2) is 0 Å².